The van der Waals surface area contributed by atoms with Crippen molar-refractivity contribution in [2.45, 2.75) is 56.4 Å². The lowest BCUT2D eigenvalue weighted by Crippen LogP contribution is -2.54. The Labute approximate surface area is 327 Å². The second-order valence-electron chi connectivity index (χ2n) is 12.6. The zero-order valence-electron chi connectivity index (χ0n) is 29.9. The van der Waals surface area contributed by atoms with Crippen LogP contribution in [0.15, 0.2) is 89.9 Å². The van der Waals surface area contributed by atoms with Crippen molar-refractivity contribution < 1.29 is 48.9 Å². The lowest BCUT2D eigenvalue weighted by atomic mass is 10.0. The summed E-state index contributed by atoms with van der Waals surface area (Å²) in [7, 11) is 0. The number of carboxylic acid groups (broad SMARTS) is 2. The summed E-state index contributed by atoms with van der Waals surface area (Å²) in [4.78, 5) is 97.5. The number of phenols is 1. The molecular weight excluding hydrogens is 752 g/mol. The number of benzene rings is 3. The number of nitrogens with zero attached hydrogens (tertiary/aromatic N) is 3. The number of amides is 6. The van der Waals surface area contributed by atoms with E-state index < -0.39 is 78.7 Å². The topological polar surface area (TPSA) is 287 Å². The number of imide groups is 1. The number of hydrogen-bond acceptors (Lipinski definition) is 9. The molecule has 298 valence electrons. The van der Waals surface area contributed by atoms with Gasteiger partial charge in [0.05, 0.1) is 6.42 Å². The fourth-order valence-electron chi connectivity index (χ4n) is 5.85. The number of carbonyl (C=O) groups is 7. The third-order valence-electron chi connectivity index (χ3n) is 8.53. The highest BCUT2D eigenvalue weighted by molar-refractivity contribution is 6.07. The van der Waals surface area contributed by atoms with Crippen LogP contribution in [0.25, 0.3) is 0 Å². The van der Waals surface area contributed by atoms with Crippen molar-refractivity contribution in [1.29, 1.82) is 0 Å². The first-order valence-corrected chi connectivity index (χ1v) is 17.1. The molecule has 1 heterocycles. The van der Waals surface area contributed by atoms with E-state index in [4.69, 9.17) is 11.5 Å². The number of phenolic OH excluding ortho intramolecular Hbond substituents is 1. The highest BCUT2D eigenvalue weighted by Gasteiger charge is 2.45. The van der Waals surface area contributed by atoms with Crippen LogP contribution in [0, 0.1) is 0 Å². The SMILES string of the molecule is Cl.NC(N)=NCCC[C@H]1C(=O)N(CC(=O)N[C@H](CC(=O)O)C(=O)N[C@H](C(=O)N[C@@H](Cc2ccc(O)cc2)C(=O)O)c2ccccc2)C(=O)N1Cc1ccccc1. The number of guanidine groups is 1. The van der Waals surface area contributed by atoms with Crippen LogP contribution in [0.5, 0.6) is 5.75 Å². The van der Waals surface area contributed by atoms with Crippen LogP contribution in [0.1, 0.15) is 42.0 Å². The molecule has 1 saturated heterocycles. The number of carboxylic acids is 2. The van der Waals surface area contributed by atoms with E-state index in [1.54, 1.807) is 48.5 Å². The third kappa shape index (κ3) is 12.4. The Balaban J connectivity index is 0.00000841. The van der Waals surface area contributed by atoms with E-state index >= 15 is 0 Å². The highest BCUT2D eigenvalue weighted by Crippen LogP contribution is 2.24. The molecule has 1 fully saturated rings. The number of aliphatic imine (C=N–C) groups is 1. The first-order valence-electron chi connectivity index (χ1n) is 17.1. The maximum absolute atomic E-state index is 13.6. The van der Waals surface area contributed by atoms with Gasteiger partial charge in [0.25, 0.3) is 5.91 Å². The maximum Gasteiger partial charge on any atom is 0.328 e. The van der Waals surface area contributed by atoms with E-state index in [1.807, 2.05) is 0 Å². The smallest absolute Gasteiger partial charge is 0.328 e. The van der Waals surface area contributed by atoms with E-state index in [-0.39, 0.29) is 55.6 Å². The largest absolute Gasteiger partial charge is 0.508 e. The second kappa shape index (κ2) is 20.7. The molecule has 19 heteroatoms. The van der Waals surface area contributed by atoms with E-state index in [1.165, 1.54) is 41.3 Å². The van der Waals surface area contributed by atoms with Gasteiger partial charge in [-0.15, -0.1) is 12.4 Å². The second-order valence-corrected chi connectivity index (χ2v) is 12.6. The molecule has 0 aromatic heterocycles. The summed E-state index contributed by atoms with van der Waals surface area (Å²) in [5.74, 6) is -6.87. The van der Waals surface area contributed by atoms with Crippen LogP contribution < -0.4 is 27.4 Å². The number of rotatable bonds is 19. The minimum Gasteiger partial charge on any atom is -0.508 e. The molecule has 4 atom stereocenters. The Morgan fingerprint density at radius 3 is 2.00 bits per heavy atom. The summed E-state index contributed by atoms with van der Waals surface area (Å²) < 4.78 is 0. The standard InChI is InChI=1S/C37H42N8O10.ClH/c38-36(39)40-17-7-12-28-34(52)45(37(55)44(28)20-23-8-3-1-4-9-23)21-29(47)41-26(19-30(48)49)32(50)43-31(24-10-5-2-6-11-24)33(51)42-27(35(53)54)18-22-13-15-25(46)16-14-22;/h1-6,8-11,13-16,26-28,31,46H,7,12,17-21H2,(H,41,47)(H,42,51)(H,43,50)(H,48,49)(H,53,54)(H4,38,39,40);1H/t26-,27+,28+,31+;/m1./s1. The molecular formula is C37H43ClN8O10. The average Bonchev–Trinajstić information content (AvgIpc) is 3.36. The van der Waals surface area contributed by atoms with Gasteiger partial charge in [-0.1, -0.05) is 72.8 Å². The van der Waals surface area contributed by atoms with Gasteiger partial charge in [-0.25, -0.2) is 9.59 Å². The van der Waals surface area contributed by atoms with Gasteiger partial charge in [-0.05, 0) is 41.7 Å². The van der Waals surface area contributed by atoms with Crippen LogP contribution >= 0.6 is 12.4 Å². The molecule has 0 aliphatic carbocycles. The molecule has 6 amide bonds. The normalized spacial score (nSPS) is 15.1. The zero-order chi connectivity index (χ0) is 40.1. The number of nitrogens with two attached hydrogens (primary N) is 2. The Bertz CT molecular complexity index is 1900. The Kier molecular flexibility index (Phi) is 16.1. The Morgan fingerprint density at radius 2 is 1.41 bits per heavy atom. The summed E-state index contributed by atoms with van der Waals surface area (Å²) in [5.41, 5.74) is 12.2. The van der Waals surface area contributed by atoms with E-state index in [9.17, 15) is 48.9 Å². The lowest BCUT2D eigenvalue weighted by molar-refractivity contribution is -0.143. The fourth-order valence-corrected chi connectivity index (χ4v) is 5.85. The van der Waals surface area contributed by atoms with Gasteiger partial charge < -0.3 is 47.6 Å². The number of nitrogens with one attached hydrogen (secondary N) is 3. The predicted octanol–water partition coefficient (Wildman–Crippen LogP) is 0.630. The average molecular weight is 795 g/mol. The minimum atomic E-state index is -1.79. The van der Waals surface area contributed by atoms with Crippen molar-refractivity contribution in [3.8, 4) is 5.75 Å². The van der Waals surface area contributed by atoms with Gasteiger partial charge in [0.1, 0.15) is 36.5 Å². The predicted molar refractivity (Wildman–Crippen MR) is 203 cm³/mol. The van der Waals surface area contributed by atoms with Crippen LogP contribution in [-0.4, -0.2) is 104 Å². The minimum absolute atomic E-state index is 0. The molecule has 0 radical (unpaired) electrons. The van der Waals surface area contributed by atoms with E-state index in [0.29, 0.717) is 16.9 Å². The van der Waals surface area contributed by atoms with Gasteiger partial charge in [0.15, 0.2) is 5.96 Å². The van der Waals surface area contributed by atoms with Gasteiger partial charge >= 0.3 is 18.0 Å². The molecule has 1 aliphatic rings. The maximum atomic E-state index is 13.6. The molecule has 56 heavy (non-hydrogen) atoms. The van der Waals surface area contributed by atoms with Crippen molar-refractivity contribution in [3.63, 3.8) is 0 Å². The van der Waals surface area contributed by atoms with Gasteiger partial charge in [-0.3, -0.25) is 33.9 Å². The first kappa shape index (κ1) is 43.7. The molecule has 18 nitrogen and oxygen atoms in total. The molecule has 1 aliphatic heterocycles. The lowest BCUT2D eigenvalue weighted by Gasteiger charge is -2.25. The molecule has 0 saturated carbocycles. The molecule has 4 rings (SSSR count). The van der Waals surface area contributed by atoms with Gasteiger partial charge in [-0.2, -0.15) is 0 Å². The number of carbonyl (C=O) groups excluding carboxylic acids is 5. The van der Waals surface area contributed by atoms with Crippen molar-refractivity contribution >= 4 is 60.0 Å². The van der Waals surface area contributed by atoms with Crippen molar-refractivity contribution in [3.05, 3.63) is 102 Å². The fraction of sp³-hybridized carbons (Fsp3) is 0.297. The summed E-state index contributed by atoms with van der Waals surface area (Å²) in [6.45, 7) is -0.624. The molecule has 10 N–H and O–H groups in total. The Hall–Kier alpha value is -6.69. The highest BCUT2D eigenvalue weighted by atomic mass is 35.5. The van der Waals surface area contributed by atoms with Crippen molar-refractivity contribution in [2.75, 3.05) is 13.1 Å². The van der Waals surface area contributed by atoms with E-state index in [2.05, 4.69) is 20.9 Å². The quantitative estimate of drug-likeness (QED) is 0.0359. The van der Waals surface area contributed by atoms with Crippen LogP contribution in [0.2, 0.25) is 0 Å². The monoisotopic (exact) mass is 794 g/mol. The summed E-state index contributed by atoms with van der Waals surface area (Å²) in [6.07, 6.45) is -0.637. The van der Waals surface area contributed by atoms with E-state index in [0.717, 1.165) is 5.56 Å². The number of urea groups is 1. The van der Waals surface area contributed by atoms with Gasteiger partial charge in [0, 0.05) is 19.5 Å². The van der Waals surface area contributed by atoms with Crippen LogP contribution in [-0.2, 0) is 41.7 Å². The van der Waals surface area contributed by atoms with Crippen LogP contribution in [0.3, 0.4) is 0 Å². The van der Waals surface area contributed by atoms with Crippen LogP contribution in [0.4, 0.5) is 4.79 Å². The van der Waals surface area contributed by atoms with Crippen molar-refractivity contribution in [2.24, 2.45) is 16.5 Å². The van der Waals surface area contributed by atoms with Crippen molar-refractivity contribution in [1.82, 2.24) is 25.8 Å². The summed E-state index contributed by atoms with van der Waals surface area (Å²) in [6, 6.07) is 15.6. The zero-order valence-corrected chi connectivity index (χ0v) is 30.8. The first-order chi connectivity index (χ1) is 26.2. The third-order valence-corrected chi connectivity index (χ3v) is 8.53. The molecule has 3 aromatic rings. The number of aromatic hydroxyl groups is 1. The molecule has 0 unspecified atom stereocenters. The summed E-state index contributed by atoms with van der Waals surface area (Å²) in [5, 5.41) is 36.1. The number of hydrogen-bond donors (Lipinski definition) is 8. The summed E-state index contributed by atoms with van der Waals surface area (Å²) >= 11 is 0. The molecule has 0 spiro atoms. The molecule has 3 aromatic carbocycles. The Morgan fingerprint density at radius 1 is 0.786 bits per heavy atom. The molecule has 0 bridgehead atoms. The number of aliphatic carboxylic acids is 2. The van der Waals surface area contributed by atoms with Gasteiger partial charge in [0.2, 0.25) is 17.7 Å². The number of halogens is 1.